The summed E-state index contributed by atoms with van der Waals surface area (Å²) in [6.45, 7) is 7.36. The lowest BCUT2D eigenvalue weighted by Crippen LogP contribution is -2.52. The molecule has 0 saturated carbocycles. The van der Waals surface area contributed by atoms with Crippen LogP contribution in [0.15, 0.2) is 36.8 Å². The quantitative estimate of drug-likeness (QED) is 0.213. The summed E-state index contributed by atoms with van der Waals surface area (Å²) in [5.74, 6) is -0.0818. The second-order valence-electron chi connectivity index (χ2n) is 12.5. The number of rotatable bonds is 12. The van der Waals surface area contributed by atoms with Crippen molar-refractivity contribution in [2.45, 2.75) is 103 Å². The molecule has 4 N–H and O–H groups in total. The van der Waals surface area contributed by atoms with Gasteiger partial charge < -0.3 is 30.0 Å². The molecule has 1 aliphatic heterocycles. The Morgan fingerprint density at radius 2 is 1.77 bits per heavy atom. The van der Waals surface area contributed by atoms with E-state index in [1.165, 1.54) is 22.0 Å². The standard InChI is InChI=1S/C25H33N5O.C8H14O4/c1-15(2)30-14-17-12-22-20(19-6-5-7-21(30)24(17)19)11-18(13-29(22)4)25(31)28-16(3)10-23-26-8-9-27-23;9-7(10)5-3-1-2-4-6-8(11)12/h5-9,14-16,18,20,22H,10-13H2,1-4H3,(H,26,27)(H,28,31);1-6H2,(H,9,10)(H,11,12)/t16?,18-,20?,22-;/m1./s1. The van der Waals surface area contributed by atoms with E-state index in [9.17, 15) is 14.4 Å². The molecule has 1 saturated heterocycles. The number of benzene rings is 1. The highest BCUT2D eigenvalue weighted by Gasteiger charge is 2.42. The summed E-state index contributed by atoms with van der Waals surface area (Å²) in [5.41, 5.74) is 4.22. The Bertz CT molecular complexity index is 1360. The first kappa shape index (κ1) is 32.3. The summed E-state index contributed by atoms with van der Waals surface area (Å²) in [6, 6.07) is 7.70. The van der Waals surface area contributed by atoms with E-state index in [0.29, 0.717) is 30.8 Å². The number of nitrogens with one attached hydrogen (secondary N) is 2. The highest BCUT2D eigenvalue weighted by molar-refractivity contribution is 5.89. The first-order valence-corrected chi connectivity index (χ1v) is 15.6. The van der Waals surface area contributed by atoms with E-state index in [1.54, 1.807) is 6.20 Å². The fourth-order valence-electron chi connectivity index (χ4n) is 6.71. The minimum atomic E-state index is -0.784. The fourth-order valence-corrected chi connectivity index (χ4v) is 6.71. The van der Waals surface area contributed by atoms with Crippen molar-refractivity contribution in [2.24, 2.45) is 5.92 Å². The van der Waals surface area contributed by atoms with Crippen LogP contribution in [-0.4, -0.2) is 73.2 Å². The van der Waals surface area contributed by atoms with Crippen molar-refractivity contribution in [3.63, 3.8) is 0 Å². The van der Waals surface area contributed by atoms with Crippen LogP contribution in [0.4, 0.5) is 0 Å². The number of fused-ring (bicyclic) bond motifs is 2. The summed E-state index contributed by atoms with van der Waals surface area (Å²) in [4.78, 5) is 43.1. The number of hydrogen-bond donors (Lipinski definition) is 4. The molecule has 234 valence electrons. The number of aromatic nitrogens is 3. The van der Waals surface area contributed by atoms with E-state index in [-0.39, 0.29) is 30.7 Å². The zero-order chi connectivity index (χ0) is 31.1. The molecule has 1 aliphatic carbocycles. The second kappa shape index (κ2) is 14.7. The molecule has 0 radical (unpaired) electrons. The van der Waals surface area contributed by atoms with Gasteiger partial charge in [0.05, 0.1) is 5.92 Å². The van der Waals surface area contributed by atoms with Crippen LogP contribution in [0.25, 0.3) is 10.9 Å². The van der Waals surface area contributed by atoms with Crippen LogP contribution in [0.5, 0.6) is 0 Å². The van der Waals surface area contributed by atoms with Crippen LogP contribution < -0.4 is 5.32 Å². The van der Waals surface area contributed by atoms with Gasteiger partial charge >= 0.3 is 11.9 Å². The average Bonchev–Trinajstić information content (AvgIpc) is 3.60. The summed E-state index contributed by atoms with van der Waals surface area (Å²) >= 11 is 0. The number of unbranched alkanes of at least 4 members (excludes halogenated alkanes) is 3. The Morgan fingerprint density at radius 3 is 2.37 bits per heavy atom. The molecule has 2 aromatic heterocycles. The SMILES string of the molecule is CC(Cc1ncc[nH]1)NC(=O)[C@@H]1CC2c3cccc4c3c(cn4C(C)C)C[C@H]2N(C)C1.O=C(O)CCCCCCC(=O)O. The summed E-state index contributed by atoms with van der Waals surface area (Å²) < 4.78 is 2.41. The lowest BCUT2D eigenvalue weighted by atomic mass is 9.72. The third kappa shape index (κ3) is 8.25. The minimum absolute atomic E-state index is 0.00860. The summed E-state index contributed by atoms with van der Waals surface area (Å²) in [6.07, 6.45) is 11.9. The Balaban J connectivity index is 0.000000301. The number of likely N-dealkylation sites (tertiary alicyclic amines) is 1. The van der Waals surface area contributed by atoms with Crippen LogP contribution in [0.2, 0.25) is 0 Å². The van der Waals surface area contributed by atoms with E-state index in [1.807, 2.05) is 6.20 Å². The number of nitrogens with zero attached hydrogens (tertiary/aromatic N) is 3. The number of piperidine rings is 1. The number of aliphatic carboxylic acids is 2. The molecular formula is C33H47N5O5. The van der Waals surface area contributed by atoms with Gasteiger partial charge in [-0.2, -0.15) is 0 Å². The van der Waals surface area contributed by atoms with E-state index < -0.39 is 11.9 Å². The van der Waals surface area contributed by atoms with Crippen molar-refractivity contribution in [3.05, 3.63) is 53.7 Å². The van der Waals surface area contributed by atoms with Crippen molar-refractivity contribution in [2.75, 3.05) is 13.6 Å². The molecule has 1 fully saturated rings. The van der Waals surface area contributed by atoms with Crippen molar-refractivity contribution in [3.8, 4) is 0 Å². The number of carbonyl (C=O) groups is 3. The van der Waals surface area contributed by atoms with Crippen molar-refractivity contribution < 1.29 is 24.6 Å². The Hall–Kier alpha value is -3.66. The molecule has 10 nitrogen and oxygen atoms in total. The van der Waals surface area contributed by atoms with Gasteiger partial charge in [0.25, 0.3) is 0 Å². The van der Waals surface area contributed by atoms with Crippen LogP contribution >= 0.6 is 0 Å². The number of carbonyl (C=O) groups excluding carboxylic acids is 1. The third-order valence-corrected chi connectivity index (χ3v) is 8.78. The maximum Gasteiger partial charge on any atom is 0.303 e. The molecular weight excluding hydrogens is 546 g/mol. The second-order valence-corrected chi connectivity index (χ2v) is 12.5. The molecule has 1 amide bonds. The zero-order valence-corrected chi connectivity index (χ0v) is 25.9. The molecule has 2 aliphatic rings. The number of amides is 1. The molecule has 0 spiro atoms. The van der Waals surface area contributed by atoms with Crippen molar-refractivity contribution >= 4 is 28.7 Å². The molecule has 43 heavy (non-hydrogen) atoms. The van der Waals surface area contributed by atoms with Gasteiger partial charge in [0, 0.05) is 79.3 Å². The molecule has 3 heterocycles. The monoisotopic (exact) mass is 593 g/mol. The van der Waals surface area contributed by atoms with E-state index in [0.717, 1.165) is 44.5 Å². The summed E-state index contributed by atoms with van der Waals surface area (Å²) in [5, 5.41) is 21.2. The largest absolute Gasteiger partial charge is 0.481 e. The third-order valence-electron chi connectivity index (χ3n) is 8.78. The predicted molar refractivity (Wildman–Crippen MR) is 166 cm³/mol. The van der Waals surface area contributed by atoms with E-state index >= 15 is 0 Å². The maximum atomic E-state index is 13.2. The minimum Gasteiger partial charge on any atom is -0.481 e. The van der Waals surface area contributed by atoms with Crippen LogP contribution in [0.3, 0.4) is 0 Å². The van der Waals surface area contributed by atoms with Gasteiger partial charge in [-0.05, 0) is 70.7 Å². The number of likely N-dealkylation sites (N-methyl/N-ethyl adjacent to an activating group) is 1. The van der Waals surface area contributed by atoms with E-state index in [2.05, 4.69) is 77.0 Å². The molecule has 4 atom stereocenters. The Morgan fingerprint density at radius 1 is 1.07 bits per heavy atom. The maximum absolute atomic E-state index is 13.2. The first-order chi connectivity index (χ1) is 20.5. The number of H-pyrrole nitrogens is 1. The normalized spacial score (nSPS) is 20.3. The molecule has 3 aromatic rings. The number of hydrogen-bond acceptors (Lipinski definition) is 5. The first-order valence-electron chi connectivity index (χ1n) is 15.6. The Labute approximate surface area is 253 Å². The molecule has 5 rings (SSSR count). The highest BCUT2D eigenvalue weighted by Crippen LogP contribution is 2.45. The number of carboxylic acids is 2. The molecule has 0 bridgehead atoms. The van der Waals surface area contributed by atoms with Gasteiger partial charge in [-0.25, -0.2) is 4.98 Å². The average molecular weight is 594 g/mol. The van der Waals surface area contributed by atoms with Gasteiger partial charge in [-0.1, -0.05) is 25.0 Å². The number of aromatic amines is 1. The van der Waals surface area contributed by atoms with Gasteiger partial charge in [0.15, 0.2) is 0 Å². The molecule has 2 unspecified atom stereocenters. The van der Waals surface area contributed by atoms with Gasteiger partial charge in [-0.15, -0.1) is 0 Å². The number of imidazole rings is 1. The van der Waals surface area contributed by atoms with Crippen LogP contribution in [-0.2, 0) is 27.2 Å². The lowest BCUT2D eigenvalue weighted by molar-refractivity contribution is -0.138. The highest BCUT2D eigenvalue weighted by atomic mass is 16.4. The van der Waals surface area contributed by atoms with Gasteiger partial charge in [0.2, 0.25) is 5.91 Å². The number of carboxylic acid groups (broad SMARTS) is 2. The lowest BCUT2D eigenvalue weighted by Gasteiger charge is -2.45. The fraction of sp³-hybridized carbons (Fsp3) is 0.576. The van der Waals surface area contributed by atoms with Crippen molar-refractivity contribution in [1.29, 1.82) is 0 Å². The molecule has 1 aromatic carbocycles. The summed E-state index contributed by atoms with van der Waals surface area (Å²) in [7, 11) is 2.19. The van der Waals surface area contributed by atoms with Gasteiger partial charge in [-0.3, -0.25) is 14.4 Å². The smallest absolute Gasteiger partial charge is 0.303 e. The van der Waals surface area contributed by atoms with Crippen LogP contribution in [0, 0.1) is 5.92 Å². The molecule has 10 heteroatoms. The zero-order valence-electron chi connectivity index (χ0n) is 25.9. The Kier molecular flexibility index (Phi) is 11.0. The predicted octanol–water partition coefficient (Wildman–Crippen LogP) is 5.15. The van der Waals surface area contributed by atoms with Crippen molar-refractivity contribution in [1.82, 2.24) is 24.8 Å². The van der Waals surface area contributed by atoms with E-state index in [4.69, 9.17) is 10.2 Å². The topological polar surface area (TPSA) is 141 Å². The van der Waals surface area contributed by atoms with Crippen LogP contribution in [0.1, 0.15) is 94.6 Å². The van der Waals surface area contributed by atoms with Gasteiger partial charge in [0.1, 0.15) is 5.82 Å².